The molecule has 0 spiro atoms. The second-order valence-corrected chi connectivity index (χ2v) is 6.50. The highest BCUT2D eigenvalue weighted by molar-refractivity contribution is 6.33. The standard InChI is InChI=1S/C17H22ClN5/c1-12-10-13(2)16(14(18)11-12)20-15-4-5-19-17(21-15)23-8-6-22(3)7-9-23/h4-5,10-11H,6-9H2,1-3H3,(H,19,20,21). The highest BCUT2D eigenvalue weighted by Crippen LogP contribution is 2.30. The largest absolute Gasteiger partial charge is 0.339 e. The fourth-order valence-corrected chi connectivity index (χ4v) is 3.15. The molecule has 1 aromatic carbocycles. The highest BCUT2D eigenvalue weighted by atomic mass is 35.5. The van der Waals surface area contributed by atoms with Crippen LogP contribution in [0.25, 0.3) is 0 Å². The van der Waals surface area contributed by atoms with E-state index in [-0.39, 0.29) is 0 Å². The Balaban J connectivity index is 1.81. The molecule has 1 saturated heterocycles. The molecule has 1 aliphatic heterocycles. The summed E-state index contributed by atoms with van der Waals surface area (Å²) in [6.07, 6.45) is 1.79. The van der Waals surface area contributed by atoms with Crippen molar-refractivity contribution in [1.82, 2.24) is 14.9 Å². The van der Waals surface area contributed by atoms with Gasteiger partial charge in [-0.3, -0.25) is 0 Å². The van der Waals surface area contributed by atoms with Crippen molar-refractivity contribution in [2.75, 3.05) is 43.4 Å². The molecule has 1 N–H and O–H groups in total. The minimum Gasteiger partial charge on any atom is -0.339 e. The van der Waals surface area contributed by atoms with E-state index in [0.717, 1.165) is 54.8 Å². The summed E-state index contributed by atoms with van der Waals surface area (Å²) in [4.78, 5) is 13.6. The van der Waals surface area contributed by atoms with E-state index in [9.17, 15) is 0 Å². The van der Waals surface area contributed by atoms with Crippen molar-refractivity contribution in [2.45, 2.75) is 13.8 Å². The van der Waals surface area contributed by atoms with Gasteiger partial charge in [0.05, 0.1) is 10.7 Å². The molecule has 0 saturated carbocycles. The zero-order valence-corrected chi connectivity index (χ0v) is 14.6. The average molecular weight is 332 g/mol. The summed E-state index contributed by atoms with van der Waals surface area (Å²) in [5.74, 6) is 1.53. The van der Waals surface area contributed by atoms with Gasteiger partial charge in [0.25, 0.3) is 0 Å². The number of likely N-dealkylation sites (N-methyl/N-ethyl adjacent to an activating group) is 1. The minimum absolute atomic E-state index is 0.710. The van der Waals surface area contributed by atoms with E-state index in [1.54, 1.807) is 6.20 Å². The SMILES string of the molecule is Cc1cc(C)c(Nc2ccnc(N3CCN(C)CC3)n2)c(Cl)c1. The van der Waals surface area contributed by atoms with Crippen LogP contribution in [0.1, 0.15) is 11.1 Å². The molecule has 1 fully saturated rings. The van der Waals surface area contributed by atoms with Gasteiger partial charge in [0, 0.05) is 32.4 Å². The summed E-state index contributed by atoms with van der Waals surface area (Å²) >= 11 is 6.37. The zero-order valence-electron chi connectivity index (χ0n) is 13.8. The van der Waals surface area contributed by atoms with E-state index in [4.69, 9.17) is 11.6 Å². The van der Waals surface area contributed by atoms with E-state index in [0.29, 0.717) is 5.02 Å². The smallest absolute Gasteiger partial charge is 0.227 e. The molecule has 0 aliphatic carbocycles. The van der Waals surface area contributed by atoms with Crippen LogP contribution in [0.15, 0.2) is 24.4 Å². The Morgan fingerprint density at radius 1 is 1.13 bits per heavy atom. The third-order valence-electron chi connectivity index (χ3n) is 4.11. The fourth-order valence-electron chi connectivity index (χ4n) is 2.78. The first kappa shape index (κ1) is 16.0. The Morgan fingerprint density at radius 3 is 2.57 bits per heavy atom. The zero-order chi connectivity index (χ0) is 16.4. The number of piperazine rings is 1. The van der Waals surface area contributed by atoms with Crippen LogP contribution in [-0.2, 0) is 0 Å². The Hall–Kier alpha value is -1.85. The molecule has 0 radical (unpaired) electrons. The van der Waals surface area contributed by atoms with E-state index in [1.807, 2.05) is 26.0 Å². The van der Waals surface area contributed by atoms with Crippen molar-refractivity contribution in [3.63, 3.8) is 0 Å². The topological polar surface area (TPSA) is 44.3 Å². The molecule has 0 amide bonds. The highest BCUT2D eigenvalue weighted by Gasteiger charge is 2.17. The molecular formula is C17H22ClN5. The van der Waals surface area contributed by atoms with Gasteiger partial charge in [0.2, 0.25) is 5.95 Å². The summed E-state index contributed by atoms with van der Waals surface area (Å²) in [5, 5.41) is 4.05. The molecule has 23 heavy (non-hydrogen) atoms. The van der Waals surface area contributed by atoms with Gasteiger partial charge in [-0.15, -0.1) is 0 Å². The number of nitrogens with zero attached hydrogens (tertiary/aromatic N) is 4. The van der Waals surface area contributed by atoms with Crippen molar-refractivity contribution in [3.05, 3.63) is 40.5 Å². The number of hydrogen-bond acceptors (Lipinski definition) is 5. The van der Waals surface area contributed by atoms with E-state index < -0.39 is 0 Å². The van der Waals surface area contributed by atoms with E-state index in [1.165, 1.54) is 0 Å². The normalized spacial score (nSPS) is 15.7. The van der Waals surface area contributed by atoms with Crippen molar-refractivity contribution in [1.29, 1.82) is 0 Å². The maximum atomic E-state index is 6.37. The van der Waals surface area contributed by atoms with Gasteiger partial charge in [-0.05, 0) is 44.2 Å². The van der Waals surface area contributed by atoms with Gasteiger partial charge in [-0.1, -0.05) is 17.7 Å². The number of hydrogen-bond donors (Lipinski definition) is 1. The molecule has 122 valence electrons. The van der Waals surface area contributed by atoms with Crippen molar-refractivity contribution in [3.8, 4) is 0 Å². The second kappa shape index (κ2) is 6.72. The third-order valence-corrected chi connectivity index (χ3v) is 4.41. The molecule has 6 heteroatoms. The Morgan fingerprint density at radius 2 is 1.87 bits per heavy atom. The Bertz CT molecular complexity index is 672. The van der Waals surface area contributed by atoms with Gasteiger partial charge in [-0.2, -0.15) is 4.98 Å². The lowest BCUT2D eigenvalue weighted by atomic mass is 10.1. The summed E-state index contributed by atoms with van der Waals surface area (Å²) in [6, 6.07) is 5.94. The second-order valence-electron chi connectivity index (χ2n) is 6.10. The number of anilines is 3. The lowest BCUT2D eigenvalue weighted by Crippen LogP contribution is -2.45. The van der Waals surface area contributed by atoms with Gasteiger partial charge in [0.1, 0.15) is 5.82 Å². The molecule has 2 heterocycles. The van der Waals surface area contributed by atoms with Crippen LogP contribution in [0.3, 0.4) is 0 Å². The van der Waals surface area contributed by atoms with Gasteiger partial charge >= 0.3 is 0 Å². The first-order chi connectivity index (χ1) is 11.0. The summed E-state index contributed by atoms with van der Waals surface area (Å²) in [7, 11) is 2.14. The van der Waals surface area contributed by atoms with Crippen LogP contribution in [-0.4, -0.2) is 48.1 Å². The predicted molar refractivity (Wildman–Crippen MR) is 96.0 cm³/mol. The summed E-state index contributed by atoms with van der Waals surface area (Å²) < 4.78 is 0. The quantitative estimate of drug-likeness (QED) is 0.935. The van der Waals surface area contributed by atoms with Crippen LogP contribution in [0.5, 0.6) is 0 Å². The lowest BCUT2D eigenvalue weighted by molar-refractivity contribution is 0.311. The molecule has 1 aromatic heterocycles. The molecule has 0 atom stereocenters. The number of nitrogens with one attached hydrogen (secondary N) is 1. The Labute approximate surface area is 142 Å². The average Bonchev–Trinajstić information content (AvgIpc) is 2.52. The first-order valence-electron chi connectivity index (χ1n) is 7.83. The van der Waals surface area contributed by atoms with E-state index in [2.05, 4.69) is 38.2 Å². The van der Waals surface area contributed by atoms with Crippen molar-refractivity contribution >= 4 is 29.1 Å². The predicted octanol–water partition coefficient (Wildman–Crippen LogP) is 3.24. The van der Waals surface area contributed by atoms with Crippen molar-refractivity contribution < 1.29 is 0 Å². The number of benzene rings is 1. The van der Waals surface area contributed by atoms with E-state index >= 15 is 0 Å². The molecule has 0 unspecified atom stereocenters. The molecule has 5 nitrogen and oxygen atoms in total. The van der Waals surface area contributed by atoms with Crippen molar-refractivity contribution in [2.24, 2.45) is 0 Å². The summed E-state index contributed by atoms with van der Waals surface area (Å²) in [6.45, 7) is 8.05. The van der Waals surface area contributed by atoms with Crippen LogP contribution < -0.4 is 10.2 Å². The molecular weight excluding hydrogens is 310 g/mol. The van der Waals surface area contributed by atoms with Gasteiger partial charge < -0.3 is 15.1 Å². The van der Waals surface area contributed by atoms with Crippen LogP contribution in [0.4, 0.5) is 17.5 Å². The van der Waals surface area contributed by atoms with Crippen LogP contribution >= 0.6 is 11.6 Å². The number of aryl methyl sites for hydroxylation is 2. The minimum atomic E-state index is 0.710. The molecule has 1 aliphatic rings. The maximum Gasteiger partial charge on any atom is 0.227 e. The Kier molecular flexibility index (Phi) is 4.68. The molecule has 3 rings (SSSR count). The molecule has 2 aromatic rings. The van der Waals surface area contributed by atoms with Gasteiger partial charge in [-0.25, -0.2) is 4.98 Å². The first-order valence-corrected chi connectivity index (χ1v) is 8.21. The van der Waals surface area contributed by atoms with Gasteiger partial charge in [0.15, 0.2) is 0 Å². The number of aromatic nitrogens is 2. The molecule has 0 bridgehead atoms. The lowest BCUT2D eigenvalue weighted by Gasteiger charge is -2.32. The monoisotopic (exact) mass is 331 g/mol. The van der Waals surface area contributed by atoms with Crippen LogP contribution in [0.2, 0.25) is 5.02 Å². The fraction of sp³-hybridized carbons (Fsp3) is 0.412. The third kappa shape index (κ3) is 3.74. The summed E-state index contributed by atoms with van der Waals surface area (Å²) in [5.41, 5.74) is 3.16. The number of rotatable bonds is 3. The number of halogens is 1. The maximum absolute atomic E-state index is 6.37. The van der Waals surface area contributed by atoms with Crippen LogP contribution in [0, 0.1) is 13.8 Å².